The molecular formula is C13H20F3NO3. The van der Waals surface area contributed by atoms with Gasteiger partial charge in [-0.3, -0.25) is 9.59 Å². The molecule has 1 unspecified atom stereocenters. The van der Waals surface area contributed by atoms with Crippen LogP contribution in [0.15, 0.2) is 0 Å². The summed E-state index contributed by atoms with van der Waals surface area (Å²) < 4.78 is 38.8. The Kier molecular flexibility index (Phi) is 6.29. The SMILES string of the molecule is O=C(O)CCCCC(=O)NC(C1CCCC1)C(F)(F)F. The van der Waals surface area contributed by atoms with E-state index in [0.29, 0.717) is 19.3 Å². The lowest BCUT2D eigenvalue weighted by Crippen LogP contribution is -2.49. The lowest BCUT2D eigenvalue weighted by molar-refractivity contribution is -0.171. The zero-order chi connectivity index (χ0) is 15.2. The quantitative estimate of drug-likeness (QED) is 0.710. The molecule has 20 heavy (non-hydrogen) atoms. The minimum absolute atomic E-state index is 0.0629. The molecule has 4 nitrogen and oxygen atoms in total. The standard InChI is InChI=1S/C13H20F3NO3/c14-13(15,16)12(9-5-1-2-6-9)17-10(18)7-3-4-8-11(19)20/h9,12H,1-8H2,(H,17,18)(H,19,20). The number of carbonyl (C=O) groups is 2. The number of hydrogen-bond donors (Lipinski definition) is 2. The van der Waals surface area contributed by atoms with Crippen LogP contribution in [0.4, 0.5) is 13.2 Å². The van der Waals surface area contributed by atoms with Crippen molar-refractivity contribution in [1.82, 2.24) is 5.32 Å². The first-order valence-electron chi connectivity index (χ1n) is 6.88. The van der Waals surface area contributed by atoms with E-state index in [1.54, 1.807) is 0 Å². The van der Waals surface area contributed by atoms with E-state index in [0.717, 1.165) is 12.8 Å². The van der Waals surface area contributed by atoms with Gasteiger partial charge in [0.1, 0.15) is 6.04 Å². The average Bonchev–Trinajstić information content (AvgIpc) is 2.83. The molecule has 0 radical (unpaired) electrons. The summed E-state index contributed by atoms with van der Waals surface area (Å²) in [5.74, 6) is -2.15. The molecule has 116 valence electrons. The van der Waals surface area contributed by atoms with Crippen LogP contribution in [0.1, 0.15) is 51.4 Å². The van der Waals surface area contributed by atoms with Gasteiger partial charge in [0.25, 0.3) is 0 Å². The highest BCUT2D eigenvalue weighted by Crippen LogP contribution is 2.35. The fourth-order valence-electron chi connectivity index (χ4n) is 2.57. The number of rotatable bonds is 7. The van der Waals surface area contributed by atoms with Crippen molar-refractivity contribution >= 4 is 11.9 Å². The van der Waals surface area contributed by atoms with Crippen molar-refractivity contribution in [2.75, 3.05) is 0 Å². The lowest BCUT2D eigenvalue weighted by atomic mass is 9.97. The number of carboxylic acid groups (broad SMARTS) is 1. The normalized spacial score (nSPS) is 17.9. The summed E-state index contributed by atoms with van der Waals surface area (Å²) in [5, 5.41) is 10.5. The van der Waals surface area contributed by atoms with Crippen molar-refractivity contribution in [2.24, 2.45) is 5.92 Å². The predicted octanol–water partition coefficient (Wildman–Crippen LogP) is 2.87. The number of aliphatic carboxylic acids is 1. The molecule has 1 aliphatic carbocycles. The maximum atomic E-state index is 12.9. The van der Waals surface area contributed by atoms with Gasteiger partial charge >= 0.3 is 12.1 Å². The van der Waals surface area contributed by atoms with Gasteiger partial charge in [0.05, 0.1) is 0 Å². The second-order valence-corrected chi connectivity index (χ2v) is 5.23. The van der Waals surface area contributed by atoms with Crippen molar-refractivity contribution in [3.8, 4) is 0 Å². The number of carbonyl (C=O) groups excluding carboxylic acids is 1. The molecule has 0 heterocycles. The number of halogens is 3. The number of hydrogen-bond acceptors (Lipinski definition) is 2. The molecule has 1 rings (SSSR count). The Morgan fingerprint density at radius 2 is 1.70 bits per heavy atom. The van der Waals surface area contributed by atoms with Crippen molar-refractivity contribution in [3.05, 3.63) is 0 Å². The molecule has 0 spiro atoms. The van der Waals surface area contributed by atoms with Gasteiger partial charge in [0, 0.05) is 12.8 Å². The molecule has 0 aromatic rings. The predicted molar refractivity (Wildman–Crippen MR) is 66.0 cm³/mol. The molecule has 1 aliphatic rings. The van der Waals surface area contributed by atoms with Crippen LogP contribution in [0.5, 0.6) is 0 Å². The second-order valence-electron chi connectivity index (χ2n) is 5.23. The summed E-state index contributed by atoms with van der Waals surface area (Å²) in [6.07, 6.45) is -1.46. The van der Waals surface area contributed by atoms with Gasteiger partial charge in [-0.15, -0.1) is 0 Å². The lowest BCUT2D eigenvalue weighted by Gasteiger charge is -2.27. The molecule has 1 amide bonds. The van der Waals surface area contributed by atoms with E-state index >= 15 is 0 Å². The van der Waals surface area contributed by atoms with Crippen LogP contribution in [0.2, 0.25) is 0 Å². The first-order chi connectivity index (χ1) is 9.30. The average molecular weight is 295 g/mol. The van der Waals surface area contributed by atoms with Crippen LogP contribution in [0.25, 0.3) is 0 Å². The van der Waals surface area contributed by atoms with Crippen molar-refractivity contribution in [1.29, 1.82) is 0 Å². The second kappa shape index (κ2) is 7.50. The maximum absolute atomic E-state index is 12.9. The molecule has 0 aliphatic heterocycles. The molecule has 0 saturated heterocycles. The molecule has 1 atom stereocenters. The zero-order valence-corrected chi connectivity index (χ0v) is 11.2. The molecule has 1 saturated carbocycles. The topological polar surface area (TPSA) is 66.4 Å². The third-order valence-electron chi connectivity index (χ3n) is 3.58. The molecule has 0 bridgehead atoms. The monoisotopic (exact) mass is 295 g/mol. The Bertz CT molecular complexity index is 338. The van der Waals surface area contributed by atoms with Crippen molar-refractivity contribution in [2.45, 2.75) is 63.6 Å². The highest BCUT2D eigenvalue weighted by Gasteiger charge is 2.46. The summed E-state index contributed by atoms with van der Waals surface area (Å²) in [6.45, 7) is 0. The number of carboxylic acids is 1. The van der Waals surface area contributed by atoms with Gasteiger partial charge in [-0.2, -0.15) is 13.2 Å². The van der Waals surface area contributed by atoms with Gasteiger partial charge in [0.15, 0.2) is 0 Å². The van der Waals surface area contributed by atoms with E-state index in [2.05, 4.69) is 5.32 Å². The van der Waals surface area contributed by atoms with E-state index in [4.69, 9.17) is 5.11 Å². The third kappa shape index (κ3) is 5.79. The van der Waals surface area contributed by atoms with Gasteiger partial charge < -0.3 is 10.4 Å². The third-order valence-corrected chi connectivity index (χ3v) is 3.58. The first-order valence-corrected chi connectivity index (χ1v) is 6.88. The highest BCUT2D eigenvalue weighted by atomic mass is 19.4. The van der Waals surface area contributed by atoms with E-state index < -0.39 is 30.0 Å². The van der Waals surface area contributed by atoms with Gasteiger partial charge in [0.2, 0.25) is 5.91 Å². The minimum Gasteiger partial charge on any atom is -0.481 e. The van der Waals surface area contributed by atoms with Crippen LogP contribution in [0.3, 0.4) is 0 Å². The maximum Gasteiger partial charge on any atom is 0.408 e. The molecule has 7 heteroatoms. The molecule has 0 aromatic carbocycles. The molecule has 0 aromatic heterocycles. The van der Waals surface area contributed by atoms with Crippen molar-refractivity contribution in [3.63, 3.8) is 0 Å². The Balaban J connectivity index is 2.40. The molecule has 2 N–H and O–H groups in total. The Morgan fingerprint density at radius 3 is 2.20 bits per heavy atom. The van der Waals surface area contributed by atoms with Gasteiger partial charge in [-0.05, 0) is 31.6 Å². The number of amides is 1. The largest absolute Gasteiger partial charge is 0.481 e. The first kappa shape index (κ1) is 16.8. The highest BCUT2D eigenvalue weighted by molar-refractivity contribution is 5.76. The Hall–Kier alpha value is -1.27. The summed E-state index contributed by atoms with van der Waals surface area (Å²) in [6, 6.07) is -1.77. The fourth-order valence-corrected chi connectivity index (χ4v) is 2.57. The number of nitrogens with one attached hydrogen (secondary N) is 1. The Morgan fingerprint density at radius 1 is 1.15 bits per heavy atom. The van der Waals surface area contributed by atoms with Crippen LogP contribution < -0.4 is 5.32 Å². The van der Waals surface area contributed by atoms with E-state index in [9.17, 15) is 22.8 Å². The van der Waals surface area contributed by atoms with E-state index in [1.165, 1.54) is 0 Å². The molecular weight excluding hydrogens is 275 g/mol. The summed E-state index contributed by atoms with van der Waals surface area (Å²) in [7, 11) is 0. The summed E-state index contributed by atoms with van der Waals surface area (Å²) >= 11 is 0. The number of alkyl halides is 3. The zero-order valence-electron chi connectivity index (χ0n) is 11.2. The van der Waals surface area contributed by atoms with Crippen LogP contribution >= 0.6 is 0 Å². The van der Waals surface area contributed by atoms with E-state index in [-0.39, 0.29) is 19.3 Å². The number of unbranched alkanes of at least 4 members (excludes halogenated alkanes) is 1. The smallest absolute Gasteiger partial charge is 0.408 e. The summed E-state index contributed by atoms with van der Waals surface area (Å²) in [5.41, 5.74) is 0. The summed E-state index contributed by atoms with van der Waals surface area (Å²) in [4.78, 5) is 21.8. The van der Waals surface area contributed by atoms with Gasteiger partial charge in [-0.1, -0.05) is 12.8 Å². The molecule has 1 fully saturated rings. The van der Waals surface area contributed by atoms with E-state index in [1.807, 2.05) is 0 Å². The van der Waals surface area contributed by atoms with Gasteiger partial charge in [-0.25, -0.2) is 0 Å². The fraction of sp³-hybridized carbons (Fsp3) is 0.846. The van der Waals surface area contributed by atoms with Crippen LogP contribution in [-0.2, 0) is 9.59 Å². The Labute approximate surface area is 115 Å². The van der Waals surface area contributed by atoms with Crippen molar-refractivity contribution < 1.29 is 27.9 Å². The minimum atomic E-state index is -4.42. The van der Waals surface area contributed by atoms with Crippen LogP contribution in [0, 0.1) is 5.92 Å². The van der Waals surface area contributed by atoms with Crippen LogP contribution in [-0.4, -0.2) is 29.2 Å².